The average molecular weight is 431 g/mol. The number of carbonyl (C=O) groups excluding carboxylic acids is 1. The number of nitrogens with zero attached hydrogens (tertiary/aromatic N) is 2. The molecule has 2 aromatic carbocycles. The highest BCUT2D eigenvalue weighted by molar-refractivity contribution is 7.80. The first kappa shape index (κ1) is 21.2. The van der Waals surface area contributed by atoms with Crippen molar-refractivity contribution in [2.45, 2.75) is 32.7 Å². The van der Waals surface area contributed by atoms with Crippen molar-refractivity contribution in [2.24, 2.45) is 0 Å². The lowest BCUT2D eigenvalue weighted by Crippen LogP contribution is -2.08. The van der Waals surface area contributed by atoms with Gasteiger partial charge in [0.1, 0.15) is 11.5 Å². The zero-order valence-corrected chi connectivity index (χ0v) is 17.5. The van der Waals surface area contributed by atoms with Gasteiger partial charge in [0.15, 0.2) is 11.4 Å². The Bertz CT molecular complexity index is 1020. The summed E-state index contributed by atoms with van der Waals surface area (Å²) >= 11 is 3.74. The fraction of sp³-hybridized carbons (Fsp3) is 0.238. The van der Waals surface area contributed by atoms with Gasteiger partial charge in [0, 0.05) is 29.8 Å². The Balaban J connectivity index is 1.87. The zero-order chi connectivity index (χ0) is 20.8. The van der Waals surface area contributed by atoms with Crippen LogP contribution in [0.4, 0.5) is 5.69 Å². The maximum Gasteiger partial charge on any atom is 0.169 e. The second-order valence-corrected chi connectivity index (χ2v) is 7.62. The van der Waals surface area contributed by atoms with E-state index in [9.17, 15) is 13.6 Å². The highest BCUT2D eigenvalue weighted by atomic mass is 35.5. The van der Waals surface area contributed by atoms with Gasteiger partial charge < -0.3 is 13.8 Å². The van der Waals surface area contributed by atoms with Gasteiger partial charge >= 0.3 is 0 Å². The summed E-state index contributed by atoms with van der Waals surface area (Å²) < 4.78 is 26.3. The van der Waals surface area contributed by atoms with Gasteiger partial charge in [-0.3, -0.25) is 9.00 Å². The Morgan fingerprint density at radius 2 is 1.93 bits per heavy atom. The van der Waals surface area contributed by atoms with Gasteiger partial charge in [-0.25, -0.2) is 4.98 Å². The van der Waals surface area contributed by atoms with Crippen LogP contribution < -0.4 is 4.72 Å². The molecule has 0 spiro atoms. The molecule has 0 saturated carbocycles. The molecule has 0 aliphatic rings. The molecular weight excluding hydrogens is 410 g/mol. The first-order chi connectivity index (χ1) is 14.0. The van der Waals surface area contributed by atoms with Crippen molar-refractivity contribution in [1.29, 1.82) is 0 Å². The highest BCUT2D eigenvalue weighted by Crippen LogP contribution is 2.28. The summed E-state index contributed by atoms with van der Waals surface area (Å²) in [7, 11) is 0. The Morgan fingerprint density at radius 3 is 2.59 bits per heavy atom. The number of aryl methyl sites for hydroxylation is 1. The van der Waals surface area contributed by atoms with Crippen molar-refractivity contribution >= 4 is 34.8 Å². The third-order valence-corrected chi connectivity index (χ3v) is 5.30. The molecule has 1 N–H and O–H groups in total. The maximum absolute atomic E-state index is 11.5. The molecule has 0 aliphatic heterocycles. The van der Waals surface area contributed by atoms with E-state index in [4.69, 9.17) is 11.6 Å². The van der Waals surface area contributed by atoms with E-state index in [-0.39, 0.29) is 5.15 Å². The molecule has 0 amide bonds. The van der Waals surface area contributed by atoms with Crippen LogP contribution in [0.3, 0.4) is 0 Å². The third-order valence-electron chi connectivity index (χ3n) is 4.63. The normalized spacial score (nSPS) is 12.0. The number of halogens is 1. The molecule has 1 unspecified atom stereocenters. The minimum atomic E-state index is -2.39. The van der Waals surface area contributed by atoms with E-state index >= 15 is 0 Å². The van der Waals surface area contributed by atoms with E-state index < -0.39 is 11.3 Å². The Labute approximate surface area is 177 Å². The first-order valence-electron chi connectivity index (χ1n) is 9.27. The van der Waals surface area contributed by atoms with E-state index in [1.807, 2.05) is 41.0 Å². The quantitative estimate of drug-likeness (QED) is 0.396. The number of carbonyl (C=O) groups is 1. The summed E-state index contributed by atoms with van der Waals surface area (Å²) in [5, 5.41) is 0.230. The molecule has 0 saturated heterocycles. The monoisotopic (exact) mass is 430 g/mol. The number of rotatable bonds is 9. The van der Waals surface area contributed by atoms with Crippen molar-refractivity contribution in [2.75, 3.05) is 4.72 Å². The van der Waals surface area contributed by atoms with E-state index in [2.05, 4.69) is 16.6 Å². The fourth-order valence-electron chi connectivity index (χ4n) is 3.18. The van der Waals surface area contributed by atoms with Crippen LogP contribution in [0.1, 0.15) is 41.6 Å². The lowest BCUT2D eigenvalue weighted by atomic mass is 10.0. The number of unbranched alkanes of at least 4 members (excludes halogenated alkanes) is 1. The smallest absolute Gasteiger partial charge is 0.169 e. The minimum absolute atomic E-state index is 0.230. The van der Waals surface area contributed by atoms with Crippen LogP contribution in [0, 0.1) is 0 Å². The molecule has 1 atom stereocenters. The van der Waals surface area contributed by atoms with Crippen LogP contribution in [0.2, 0.25) is 5.15 Å². The number of hydrogen-bond donors (Lipinski definition) is 1. The number of imidazole rings is 1. The summed E-state index contributed by atoms with van der Waals surface area (Å²) in [6, 6.07) is 14.9. The van der Waals surface area contributed by atoms with Crippen LogP contribution >= 0.6 is 11.6 Å². The van der Waals surface area contributed by atoms with Crippen LogP contribution in [0.25, 0.3) is 11.1 Å². The number of hydrogen-bond acceptors (Lipinski definition) is 4. The largest absolute Gasteiger partial charge is 0.755 e. The van der Waals surface area contributed by atoms with E-state index in [1.165, 1.54) is 0 Å². The summed E-state index contributed by atoms with van der Waals surface area (Å²) in [5.41, 5.74) is 3.55. The van der Waals surface area contributed by atoms with E-state index in [0.29, 0.717) is 17.9 Å². The molecule has 0 bridgehead atoms. The van der Waals surface area contributed by atoms with Gasteiger partial charge in [-0.05, 0) is 23.6 Å². The maximum atomic E-state index is 11.5. The predicted octanol–water partition coefficient (Wildman–Crippen LogP) is 4.61. The van der Waals surface area contributed by atoms with Gasteiger partial charge in [-0.1, -0.05) is 67.4 Å². The Hall–Kier alpha value is -2.48. The van der Waals surface area contributed by atoms with E-state index in [0.717, 1.165) is 48.1 Å². The standard InChI is InChI=1S/C21H22ClN3O3S/c1-2-3-8-20-23-21(22)19(14-26)25(20)13-15-9-11-16(12-10-15)17-6-4-5-7-18(17)24-29(27)28/h4-7,9-12,14,24H,2-3,8,13H2,1H3,(H,27,28)/p-1. The number of anilines is 1. The summed E-state index contributed by atoms with van der Waals surface area (Å²) in [6.07, 6.45) is 3.49. The second-order valence-electron chi connectivity index (χ2n) is 6.59. The summed E-state index contributed by atoms with van der Waals surface area (Å²) in [4.78, 5) is 15.8. The molecule has 1 aromatic heterocycles. The molecule has 1 heterocycles. The van der Waals surface area contributed by atoms with Crippen molar-refractivity contribution in [3.63, 3.8) is 0 Å². The lowest BCUT2D eigenvalue weighted by Gasteiger charge is -2.14. The first-order valence-corrected chi connectivity index (χ1v) is 10.7. The molecule has 0 radical (unpaired) electrons. The molecular formula is C21H21ClN3O3S-. The van der Waals surface area contributed by atoms with Gasteiger partial charge in [-0.15, -0.1) is 0 Å². The predicted molar refractivity (Wildman–Crippen MR) is 115 cm³/mol. The van der Waals surface area contributed by atoms with Gasteiger partial charge in [0.2, 0.25) is 0 Å². The van der Waals surface area contributed by atoms with Gasteiger partial charge in [-0.2, -0.15) is 0 Å². The highest BCUT2D eigenvalue weighted by Gasteiger charge is 2.15. The van der Waals surface area contributed by atoms with Crippen LogP contribution in [0.15, 0.2) is 48.5 Å². The topological polar surface area (TPSA) is 87.0 Å². The summed E-state index contributed by atoms with van der Waals surface area (Å²) in [5.74, 6) is 0.801. The molecule has 152 valence electrons. The second kappa shape index (κ2) is 9.82. The Morgan fingerprint density at radius 1 is 1.21 bits per heavy atom. The van der Waals surface area contributed by atoms with Crippen LogP contribution in [-0.2, 0) is 24.2 Å². The zero-order valence-electron chi connectivity index (χ0n) is 15.9. The molecule has 6 nitrogen and oxygen atoms in total. The lowest BCUT2D eigenvalue weighted by molar-refractivity contribution is 0.111. The van der Waals surface area contributed by atoms with Gasteiger partial charge in [0.05, 0.1) is 5.69 Å². The van der Waals surface area contributed by atoms with Crippen molar-refractivity contribution in [1.82, 2.24) is 9.55 Å². The van der Waals surface area contributed by atoms with E-state index in [1.54, 1.807) is 12.1 Å². The number of benzene rings is 2. The summed E-state index contributed by atoms with van der Waals surface area (Å²) in [6.45, 7) is 2.58. The molecule has 3 aromatic rings. The average Bonchev–Trinajstić information content (AvgIpc) is 3.01. The van der Waals surface area contributed by atoms with Crippen LogP contribution in [0.5, 0.6) is 0 Å². The minimum Gasteiger partial charge on any atom is -0.755 e. The molecule has 0 fully saturated rings. The van der Waals surface area contributed by atoms with Crippen LogP contribution in [-0.4, -0.2) is 24.6 Å². The molecule has 3 rings (SSSR count). The van der Waals surface area contributed by atoms with Crippen molar-refractivity contribution in [3.05, 3.63) is 70.8 Å². The number of para-hydroxylation sites is 1. The van der Waals surface area contributed by atoms with Gasteiger partial charge in [0.25, 0.3) is 0 Å². The number of aromatic nitrogens is 2. The SMILES string of the molecule is CCCCc1nc(Cl)c(C=O)n1Cc1ccc(-c2ccccc2NS(=O)[O-])cc1. The number of aldehydes is 1. The van der Waals surface area contributed by atoms with Crippen molar-refractivity contribution < 1.29 is 13.6 Å². The fourth-order valence-corrected chi connectivity index (χ4v) is 3.78. The molecule has 29 heavy (non-hydrogen) atoms. The number of nitrogens with one attached hydrogen (secondary N) is 1. The molecule has 8 heteroatoms. The molecule has 0 aliphatic carbocycles. The van der Waals surface area contributed by atoms with Crippen molar-refractivity contribution in [3.8, 4) is 11.1 Å². The Kier molecular flexibility index (Phi) is 7.19. The third kappa shape index (κ3) is 5.12.